The highest BCUT2D eigenvalue weighted by atomic mass is 35.5. The lowest BCUT2D eigenvalue weighted by molar-refractivity contribution is -0.138. The average Bonchev–Trinajstić information content (AvgIpc) is 2.99. The molecule has 2 aromatic rings. The predicted molar refractivity (Wildman–Crippen MR) is 121 cm³/mol. The Kier molecular flexibility index (Phi) is 6.05. The first-order valence-electron chi connectivity index (χ1n) is 10.6. The quantitative estimate of drug-likeness (QED) is 0.640. The summed E-state index contributed by atoms with van der Waals surface area (Å²) in [7, 11) is 1.60. The molecule has 2 aliphatic heterocycles. The van der Waals surface area contributed by atoms with Crippen molar-refractivity contribution in [3.8, 4) is 5.75 Å². The summed E-state index contributed by atoms with van der Waals surface area (Å²) in [6, 6.07) is 14.6. The maximum absolute atomic E-state index is 13.6. The number of carbonyl (C=O) groups excluding carboxylic acids is 2. The summed E-state index contributed by atoms with van der Waals surface area (Å²) >= 11 is 6.32. The first-order valence-corrected chi connectivity index (χ1v) is 11.0. The zero-order valence-electron chi connectivity index (χ0n) is 18.1. The van der Waals surface area contributed by atoms with E-state index < -0.39 is 0 Å². The molecule has 2 heterocycles. The number of methoxy groups -OCH3 is 1. The van der Waals surface area contributed by atoms with Gasteiger partial charge in [0.15, 0.2) is 0 Å². The minimum Gasteiger partial charge on any atom is -0.497 e. The van der Waals surface area contributed by atoms with Crippen molar-refractivity contribution in [1.29, 1.82) is 0 Å². The molecule has 0 aliphatic carbocycles. The summed E-state index contributed by atoms with van der Waals surface area (Å²) in [5, 5.41) is 0.544. The van der Waals surface area contributed by atoms with E-state index in [9.17, 15) is 9.59 Å². The predicted octanol–water partition coefficient (Wildman–Crippen LogP) is 4.61. The van der Waals surface area contributed by atoms with E-state index in [1.807, 2.05) is 42.5 Å². The van der Waals surface area contributed by atoms with Gasteiger partial charge in [-0.2, -0.15) is 0 Å². The van der Waals surface area contributed by atoms with Gasteiger partial charge in [0, 0.05) is 18.1 Å². The number of hydrogen-bond donors (Lipinski definition) is 0. The molecule has 6 heteroatoms. The Labute approximate surface area is 188 Å². The van der Waals surface area contributed by atoms with Gasteiger partial charge in [-0.05, 0) is 47.6 Å². The number of carbonyl (C=O) groups is 2. The van der Waals surface area contributed by atoms with Crippen LogP contribution < -0.4 is 4.74 Å². The summed E-state index contributed by atoms with van der Waals surface area (Å²) in [5.41, 5.74) is 2.44. The van der Waals surface area contributed by atoms with E-state index in [1.165, 1.54) is 4.90 Å². The van der Waals surface area contributed by atoms with E-state index in [-0.39, 0.29) is 18.4 Å². The van der Waals surface area contributed by atoms with E-state index in [2.05, 4.69) is 18.7 Å². The highest BCUT2D eigenvalue weighted by molar-refractivity contribution is 6.35. The number of ether oxygens (including phenoxy) is 1. The van der Waals surface area contributed by atoms with E-state index in [0.29, 0.717) is 33.9 Å². The number of rotatable bonds is 5. The average molecular weight is 439 g/mol. The molecule has 0 N–H and O–H groups in total. The zero-order valence-corrected chi connectivity index (χ0v) is 18.9. The standard InChI is InChI=1S/C25H27ClN2O3/c1-16-12-17(2)14-27(13-16)23-22(18-8-10-20(31-3)11-9-18)24(29)28(25(23)30)15-19-6-4-5-7-21(19)26/h4-11,16-17H,12-15H2,1-3H3. The maximum atomic E-state index is 13.6. The van der Waals surface area contributed by atoms with Crippen molar-refractivity contribution in [3.63, 3.8) is 0 Å². The van der Waals surface area contributed by atoms with Gasteiger partial charge >= 0.3 is 0 Å². The second-order valence-electron chi connectivity index (χ2n) is 8.59. The molecule has 1 saturated heterocycles. The molecule has 2 amide bonds. The van der Waals surface area contributed by atoms with E-state index in [1.54, 1.807) is 13.2 Å². The zero-order chi connectivity index (χ0) is 22.1. The van der Waals surface area contributed by atoms with Crippen molar-refractivity contribution in [2.75, 3.05) is 20.2 Å². The van der Waals surface area contributed by atoms with Crippen molar-refractivity contribution in [1.82, 2.24) is 9.80 Å². The van der Waals surface area contributed by atoms with Gasteiger partial charge in [-0.3, -0.25) is 14.5 Å². The lowest BCUT2D eigenvalue weighted by Gasteiger charge is -2.37. The van der Waals surface area contributed by atoms with Gasteiger partial charge in [-0.1, -0.05) is 55.8 Å². The first kappa shape index (κ1) is 21.4. The number of benzene rings is 2. The molecule has 0 aromatic heterocycles. The van der Waals surface area contributed by atoms with Crippen LogP contribution in [-0.4, -0.2) is 41.8 Å². The number of imide groups is 1. The Hall–Kier alpha value is -2.79. The third kappa shape index (κ3) is 4.19. The Bertz CT molecular complexity index is 1020. The molecule has 0 bridgehead atoms. The van der Waals surface area contributed by atoms with Crippen LogP contribution in [0, 0.1) is 11.8 Å². The molecule has 2 aliphatic rings. The number of likely N-dealkylation sites (tertiary alicyclic amines) is 1. The highest BCUT2D eigenvalue weighted by Gasteiger charge is 2.43. The molecule has 5 nitrogen and oxygen atoms in total. The topological polar surface area (TPSA) is 49.9 Å². The van der Waals surface area contributed by atoms with Gasteiger partial charge in [-0.25, -0.2) is 0 Å². The van der Waals surface area contributed by atoms with Crippen LogP contribution in [0.25, 0.3) is 5.57 Å². The minimum atomic E-state index is -0.282. The molecular weight excluding hydrogens is 412 g/mol. The van der Waals surface area contributed by atoms with Crippen LogP contribution in [0.2, 0.25) is 5.02 Å². The largest absolute Gasteiger partial charge is 0.497 e. The van der Waals surface area contributed by atoms with Crippen LogP contribution in [0.15, 0.2) is 54.2 Å². The molecule has 4 rings (SSSR count). The first-order chi connectivity index (χ1) is 14.9. The van der Waals surface area contributed by atoms with Crippen LogP contribution in [0.5, 0.6) is 5.75 Å². The summed E-state index contributed by atoms with van der Waals surface area (Å²) in [6.07, 6.45) is 1.12. The van der Waals surface area contributed by atoms with Crippen LogP contribution >= 0.6 is 11.6 Å². The number of hydrogen-bond acceptors (Lipinski definition) is 4. The minimum absolute atomic E-state index is 0.152. The summed E-state index contributed by atoms with van der Waals surface area (Å²) < 4.78 is 5.26. The lowest BCUT2D eigenvalue weighted by Crippen LogP contribution is -2.41. The smallest absolute Gasteiger partial charge is 0.278 e. The number of halogens is 1. The molecule has 2 atom stereocenters. The van der Waals surface area contributed by atoms with Crippen molar-refractivity contribution in [2.24, 2.45) is 11.8 Å². The van der Waals surface area contributed by atoms with Gasteiger partial charge < -0.3 is 9.64 Å². The van der Waals surface area contributed by atoms with E-state index in [4.69, 9.17) is 16.3 Å². The van der Waals surface area contributed by atoms with E-state index in [0.717, 1.165) is 30.6 Å². The lowest BCUT2D eigenvalue weighted by atomic mass is 9.91. The Morgan fingerprint density at radius 2 is 1.61 bits per heavy atom. The second-order valence-corrected chi connectivity index (χ2v) is 9.00. The van der Waals surface area contributed by atoms with E-state index >= 15 is 0 Å². The molecular formula is C25H27ClN2O3. The SMILES string of the molecule is COc1ccc(C2=C(N3CC(C)CC(C)C3)C(=O)N(Cc3ccccc3Cl)C2=O)cc1. The summed E-state index contributed by atoms with van der Waals surface area (Å²) in [5.74, 6) is 1.08. The molecule has 0 spiro atoms. The van der Waals surface area contributed by atoms with Gasteiger partial charge in [0.1, 0.15) is 11.4 Å². The van der Waals surface area contributed by atoms with Crippen LogP contribution in [-0.2, 0) is 16.1 Å². The molecule has 2 unspecified atom stereocenters. The van der Waals surface area contributed by atoms with Crippen molar-refractivity contribution in [3.05, 3.63) is 70.4 Å². The summed E-state index contributed by atoms with van der Waals surface area (Å²) in [6.45, 7) is 6.06. The molecule has 1 fully saturated rings. The Morgan fingerprint density at radius 1 is 0.968 bits per heavy atom. The molecule has 0 radical (unpaired) electrons. The number of piperidine rings is 1. The van der Waals surface area contributed by atoms with Gasteiger partial charge in [-0.15, -0.1) is 0 Å². The summed E-state index contributed by atoms with van der Waals surface area (Å²) in [4.78, 5) is 30.6. The number of amides is 2. The Balaban J connectivity index is 1.76. The molecule has 31 heavy (non-hydrogen) atoms. The van der Waals surface area contributed by atoms with Crippen molar-refractivity contribution in [2.45, 2.75) is 26.8 Å². The van der Waals surface area contributed by atoms with Crippen molar-refractivity contribution < 1.29 is 14.3 Å². The maximum Gasteiger partial charge on any atom is 0.278 e. The Morgan fingerprint density at radius 3 is 2.23 bits per heavy atom. The van der Waals surface area contributed by atoms with Crippen molar-refractivity contribution >= 4 is 29.0 Å². The highest BCUT2D eigenvalue weighted by Crippen LogP contribution is 2.36. The van der Waals surface area contributed by atoms with Crippen LogP contribution in [0.4, 0.5) is 0 Å². The third-order valence-electron chi connectivity index (χ3n) is 5.99. The van der Waals surface area contributed by atoms with Gasteiger partial charge in [0.2, 0.25) is 0 Å². The number of nitrogens with zero attached hydrogens (tertiary/aromatic N) is 2. The fraction of sp³-hybridized carbons (Fsp3) is 0.360. The van der Waals surface area contributed by atoms with Gasteiger partial charge in [0.25, 0.3) is 11.8 Å². The second kappa shape index (κ2) is 8.75. The monoisotopic (exact) mass is 438 g/mol. The normalized spacial score (nSPS) is 21.8. The molecule has 162 valence electrons. The fourth-order valence-corrected chi connectivity index (χ4v) is 4.86. The molecule has 0 saturated carbocycles. The van der Waals surface area contributed by atoms with Crippen LogP contribution in [0.1, 0.15) is 31.4 Å². The molecule has 2 aromatic carbocycles. The third-order valence-corrected chi connectivity index (χ3v) is 6.36. The van der Waals surface area contributed by atoms with Crippen LogP contribution in [0.3, 0.4) is 0 Å². The fourth-order valence-electron chi connectivity index (χ4n) is 4.66. The van der Waals surface area contributed by atoms with Gasteiger partial charge in [0.05, 0.1) is 19.2 Å².